The van der Waals surface area contributed by atoms with E-state index in [0.717, 1.165) is 16.7 Å². The number of aliphatic hydroxyl groups is 1. The second-order valence-corrected chi connectivity index (χ2v) is 9.71. The van der Waals surface area contributed by atoms with Crippen LogP contribution in [0.25, 0.3) is 5.52 Å². The number of rotatable bonds is 14. The van der Waals surface area contributed by atoms with E-state index in [4.69, 9.17) is 19.9 Å². The summed E-state index contributed by atoms with van der Waals surface area (Å²) < 4.78 is 19.6. The van der Waals surface area contributed by atoms with E-state index >= 15 is 0 Å². The van der Waals surface area contributed by atoms with Gasteiger partial charge in [0.1, 0.15) is 30.2 Å². The quantitative estimate of drug-likeness (QED) is 0.152. The number of carbonyl (C=O) groups is 1. The van der Waals surface area contributed by atoms with E-state index in [1.54, 1.807) is 12.1 Å². The fraction of sp³-hybridized carbons (Fsp3) is 0.219. The monoisotopic (exact) mass is 552 g/mol. The molecule has 0 aliphatic heterocycles. The minimum atomic E-state index is -1.84. The minimum Gasteiger partial charge on any atom is -0.382 e. The molecule has 0 unspecified atom stereocenters. The average Bonchev–Trinajstić information content (AvgIpc) is 3.45. The van der Waals surface area contributed by atoms with Gasteiger partial charge in [0.15, 0.2) is 11.6 Å². The van der Waals surface area contributed by atoms with Crippen LogP contribution in [0.3, 0.4) is 0 Å². The molecule has 0 saturated carbocycles. The second-order valence-electron chi connectivity index (χ2n) is 9.71. The number of ether oxygens (including phenoxy) is 3. The molecule has 9 nitrogen and oxygen atoms in total. The largest absolute Gasteiger partial charge is 0.382 e. The molecule has 0 aliphatic carbocycles. The average molecular weight is 553 g/mol. The first-order valence-electron chi connectivity index (χ1n) is 13.3. The molecule has 0 spiro atoms. The molecular formula is C32H32N4O5. The van der Waals surface area contributed by atoms with Crippen LogP contribution in [0.15, 0.2) is 109 Å². The van der Waals surface area contributed by atoms with Crippen molar-refractivity contribution >= 4 is 17.1 Å². The first-order chi connectivity index (χ1) is 20.0. The van der Waals surface area contributed by atoms with Gasteiger partial charge in [-0.15, -0.1) is 0 Å². The number of nitrogens with two attached hydrogens (primary N) is 1. The number of anilines is 1. The maximum absolute atomic E-state index is 13.9. The number of Topliss-reactive ketones (excluding diaryl/α,β-unsaturated/α-hetero) is 1. The first-order valence-corrected chi connectivity index (χ1v) is 13.3. The van der Waals surface area contributed by atoms with Gasteiger partial charge < -0.3 is 25.1 Å². The van der Waals surface area contributed by atoms with Crippen LogP contribution >= 0.6 is 0 Å². The van der Waals surface area contributed by atoms with Gasteiger partial charge in [-0.05, 0) is 28.8 Å². The summed E-state index contributed by atoms with van der Waals surface area (Å²) in [5.41, 5.74) is 9.44. The normalized spacial score (nSPS) is 13.6. The molecule has 210 valence electrons. The fourth-order valence-electron chi connectivity index (χ4n) is 4.45. The van der Waals surface area contributed by atoms with Gasteiger partial charge in [0.05, 0.1) is 19.8 Å². The van der Waals surface area contributed by atoms with Crippen LogP contribution in [0.4, 0.5) is 5.82 Å². The van der Waals surface area contributed by atoms with Crippen molar-refractivity contribution in [2.45, 2.75) is 38.1 Å². The molecule has 0 saturated heterocycles. The second kappa shape index (κ2) is 13.3. The molecule has 0 aliphatic rings. The number of hydrogen-bond acceptors (Lipinski definition) is 8. The van der Waals surface area contributed by atoms with E-state index in [1.807, 2.05) is 91.0 Å². The van der Waals surface area contributed by atoms with Gasteiger partial charge >= 0.3 is 0 Å². The Balaban J connectivity index is 1.40. The number of ketones is 1. The molecule has 0 bridgehead atoms. The molecule has 2 aromatic heterocycles. The minimum absolute atomic E-state index is 0.115. The molecule has 0 fully saturated rings. The lowest BCUT2D eigenvalue weighted by Crippen LogP contribution is -2.44. The summed E-state index contributed by atoms with van der Waals surface area (Å²) >= 11 is 0. The topological polar surface area (TPSA) is 121 Å². The number of nitrogen functional groups attached to an aromatic ring is 1. The van der Waals surface area contributed by atoms with Crippen LogP contribution in [-0.2, 0) is 34.0 Å². The highest BCUT2D eigenvalue weighted by molar-refractivity contribution is 5.99. The van der Waals surface area contributed by atoms with Crippen LogP contribution < -0.4 is 5.73 Å². The third-order valence-corrected chi connectivity index (χ3v) is 6.61. The number of hydrogen-bond donors (Lipinski definition) is 2. The van der Waals surface area contributed by atoms with Crippen molar-refractivity contribution < 1.29 is 24.1 Å². The lowest BCUT2D eigenvalue weighted by Gasteiger charge is -2.31. The van der Waals surface area contributed by atoms with E-state index in [2.05, 4.69) is 10.1 Å². The zero-order chi connectivity index (χ0) is 28.5. The standard InChI is InChI=1S/C32H32N4O5/c33-31-28-17-16-27(36(28)35-23-34-31)30(37)29(40-20-25-12-6-2-7-13-25)18-32(38,41-21-26-14-8-3-9-15-26)22-39-19-24-10-4-1-5-11-24/h1-17,23,29,38H,18-22H2,(H2,33,34,35)/t29-,32-/m1/s1. The predicted octanol–water partition coefficient (Wildman–Crippen LogP) is 4.59. The molecule has 41 heavy (non-hydrogen) atoms. The van der Waals surface area contributed by atoms with Crippen molar-refractivity contribution in [2.24, 2.45) is 0 Å². The summed E-state index contributed by atoms with van der Waals surface area (Å²) in [6.45, 7) is 0.346. The van der Waals surface area contributed by atoms with Crippen molar-refractivity contribution in [3.05, 3.63) is 132 Å². The van der Waals surface area contributed by atoms with Crippen LogP contribution in [0.1, 0.15) is 33.6 Å². The fourth-order valence-corrected chi connectivity index (χ4v) is 4.45. The van der Waals surface area contributed by atoms with Crippen LogP contribution in [-0.4, -0.2) is 44.0 Å². The van der Waals surface area contributed by atoms with E-state index in [9.17, 15) is 9.90 Å². The Morgan fingerprint density at radius 1 is 0.829 bits per heavy atom. The number of aromatic nitrogens is 3. The van der Waals surface area contributed by atoms with Crippen molar-refractivity contribution in [2.75, 3.05) is 12.3 Å². The maximum Gasteiger partial charge on any atom is 0.210 e. The number of nitrogens with zero attached hydrogens (tertiary/aromatic N) is 3. The molecule has 2 heterocycles. The van der Waals surface area contributed by atoms with Gasteiger partial charge in [0.25, 0.3) is 0 Å². The Kier molecular flexibility index (Phi) is 9.12. The Morgan fingerprint density at radius 3 is 2.05 bits per heavy atom. The summed E-state index contributed by atoms with van der Waals surface area (Å²) in [7, 11) is 0. The van der Waals surface area contributed by atoms with Crippen molar-refractivity contribution in [3.63, 3.8) is 0 Å². The van der Waals surface area contributed by atoms with Gasteiger partial charge in [0.2, 0.25) is 5.78 Å². The van der Waals surface area contributed by atoms with Crippen molar-refractivity contribution in [1.82, 2.24) is 14.6 Å². The van der Waals surface area contributed by atoms with E-state index < -0.39 is 11.9 Å². The molecule has 5 aromatic rings. The van der Waals surface area contributed by atoms with Gasteiger partial charge in [-0.1, -0.05) is 91.0 Å². The third-order valence-electron chi connectivity index (χ3n) is 6.61. The Hall–Kier alpha value is -4.41. The van der Waals surface area contributed by atoms with Gasteiger partial charge in [-0.3, -0.25) is 4.79 Å². The molecule has 3 N–H and O–H groups in total. The van der Waals surface area contributed by atoms with Crippen LogP contribution in [0.5, 0.6) is 0 Å². The summed E-state index contributed by atoms with van der Waals surface area (Å²) in [6, 6.07) is 31.9. The molecule has 2 atom stereocenters. The smallest absolute Gasteiger partial charge is 0.210 e. The van der Waals surface area contributed by atoms with E-state index in [0.29, 0.717) is 5.52 Å². The number of benzene rings is 3. The molecule has 5 rings (SSSR count). The zero-order valence-corrected chi connectivity index (χ0v) is 22.5. The molecular weight excluding hydrogens is 520 g/mol. The summed E-state index contributed by atoms with van der Waals surface area (Å²) in [5, 5.41) is 16.0. The van der Waals surface area contributed by atoms with Crippen molar-refractivity contribution in [1.29, 1.82) is 0 Å². The Labute approximate surface area is 238 Å². The first kappa shape index (κ1) is 28.1. The van der Waals surface area contributed by atoms with E-state index in [-0.39, 0.29) is 50.1 Å². The Morgan fingerprint density at radius 2 is 1.41 bits per heavy atom. The highest BCUT2D eigenvalue weighted by atomic mass is 16.6. The number of carbonyl (C=O) groups excluding carboxylic acids is 1. The molecule has 0 radical (unpaired) electrons. The molecule has 0 amide bonds. The summed E-state index contributed by atoms with van der Waals surface area (Å²) in [5.74, 6) is -1.98. The zero-order valence-electron chi connectivity index (χ0n) is 22.5. The van der Waals surface area contributed by atoms with Crippen molar-refractivity contribution in [3.8, 4) is 0 Å². The van der Waals surface area contributed by atoms with Gasteiger partial charge in [-0.25, -0.2) is 9.50 Å². The molecule has 9 heteroatoms. The number of fused-ring (bicyclic) bond motifs is 1. The summed E-state index contributed by atoms with van der Waals surface area (Å²) in [6.07, 6.45) is 0.00892. The van der Waals surface area contributed by atoms with Crippen LogP contribution in [0.2, 0.25) is 0 Å². The highest BCUT2D eigenvalue weighted by Gasteiger charge is 2.37. The predicted molar refractivity (Wildman–Crippen MR) is 154 cm³/mol. The van der Waals surface area contributed by atoms with Gasteiger partial charge in [-0.2, -0.15) is 5.10 Å². The lowest BCUT2D eigenvalue weighted by atomic mass is 10.0. The SMILES string of the molecule is Nc1ncnn2c(C(=O)[C@@H](C[C@](O)(COCc3ccccc3)OCc3ccccc3)OCc3ccccc3)ccc12. The Bertz CT molecular complexity index is 1550. The van der Waals surface area contributed by atoms with E-state index in [1.165, 1.54) is 10.8 Å². The lowest BCUT2D eigenvalue weighted by molar-refractivity contribution is -0.253. The molecule has 3 aromatic carbocycles. The van der Waals surface area contributed by atoms with Gasteiger partial charge in [0, 0.05) is 6.42 Å². The summed E-state index contributed by atoms with van der Waals surface area (Å²) in [4.78, 5) is 17.9. The highest BCUT2D eigenvalue weighted by Crippen LogP contribution is 2.25. The third kappa shape index (κ3) is 7.41. The van der Waals surface area contributed by atoms with Crippen LogP contribution in [0, 0.1) is 0 Å². The maximum atomic E-state index is 13.9.